The fourth-order valence-corrected chi connectivity index (χ4v) is 4.45. The van der Waals surface area contributed by atoms with Crippen LogP contribution in [0.4, 0.5) is 5.69 Å². The van der Waals surface area contributed by atoms with Gasteiger partial charge in [-0.2, -0.15) is 4.31 Å². The third-order valence-electron chi connectivity index (χ3n) is 4.11. The third kappa shape index (κ3) is 2.74. The van der Waals surface area contributed by atoms with Crippen LogP contribution < -0.4 is 4.74 Å². The van der Waals surface area contributed by atoms with Crippen molar-refractivity contribution in [1.82, 2.24) is 4.31 Å². The molecular formula is C16H16N2O5S. The SMILES string of the molecule is COc1ccc(S(=O)(=O)N2CC[C@H]2c2ccccc2)cc1[N+](=O)[O-]. The lowest BCUT2D eigenvalue weighted by Gasteiger charge is -2.39. The van der Waals surface area contributed by atoms with Crippen molar-refractivity contribution in [2.24, 2.45) is 0 Å². The van der Waals surface area contributed by atoms with Crippen molar-refractivity contribution in [3.05, 3.63) is 64.2 Å². The molecule has 1 aliphatic heterocycles. The molecule has 126 valence electrons. The van der Waals surface area contributed by atoms with Crippen molar-refractivity contribution in [1.29, 1.82) is 0 Å². The topological polar surface area (TPSA) is 89.8 Å². The summed E-state index contributed by atoms with van der Waals surface area (Å²) < 4.78 is 32.0. The lowest BCUT2D eigenvalue weighted by atomic mass is 9.98. The molecule has 1 saturated heterocycles. The summed E-state index contributed by atoms with van der Waals surface area (Å²) in [5, 5.41) is 11.1. The van der Waals surface area contributed by atoms with E-state index in [2.05, 4.69) is 0 Å². The standard InChI is InChI=1S/C16H16N2O5S/c1-23-16-8-7-13(11-15(16)18(19)20)24(21,22)17-10-9-14(17)12-5-3-2-4-6-12/h2-8,11,14H,9-10H2,1H3/t14-/m0/s1. The quantitative estimate of drug-likeness (QED) is 0.612. The van der Waals surface area contributed by atoms with E-state index >= 15 is 0 Å². The van der Waals surface area contributed by atoms with Gasteiger partial charge in [0.05, 0.1) is 23.0 Å². The molecule has 0 radical (unpaired) electrons. The van der Waals surface area contributed by atoms with Crippen molar-refractivity contribution in [2.45, 2.75) is 17.4 Å². The van der Waals surface area contributed by atoms with Gasteiger partial charge in [-0.1, -0.05) is 30.3 Å². The summed E-state index contributed by atoms with van der Waals surface area (Å²) in [6.45, 7) is 0.391. The number of hydrogen-bond donors (Lipinski definition) is 0. The van der Waals surface area contributed by atoms with E-state index < -0.39 is 14.9 Å². The van der Waals surface area contributed by atoms with Crippen LogP contribution in [-0.2, 0) is 10.0 Å². The fourth-order valence-electron chi connectivity index (χ4n) is 2.77. The summed E-state index contributed by atoms with van der Waals surface area (Å²) in [4.78, 5) is 10.4. The first kappa shape index (κ1) is 16.4. The minimum atomic E-state index is -3.81. The highest BCUT2D eigenvalue weighted by atomic mass is 32.2. The maximum absolute atomic E-state index is 12.8. The first-order valence-electron chi connectivity index (χ1n) is 7.34. The van der Waals surface area contributed by atoms with Gasteiger partial charge in [-0.25, -0.2) is 8.42 Å². The van der Waals surface area contributed by atoms with Gasteiger partial charge in [-0.15, -0.1) is 0 Å². The zero-order valence-corrected chi connectivity index (χ0v) is 13.8. The molecule has 8 heteroatoms. The van der Waals surface area contributed by atoms with Crippen molar-refractivity contribution in [2.75, 3.05) is 13.7 Å². The molecule has 0 saturated carbocycles. The summed E-state index contributed by atoms with van der Waals surface area (Å²) in [7, 11) is -2.50. The molecule has 0 aromatic heterocycles. The second kappa shape index (κ2) is 6.21. The summed E-state index contributed by atoms with van der Waals surface area (Å²) in [5.74, 6) is 0.0298. The minimum absolute atomic E-state index is 0.0298. The van der Waals surface area contributed by atoms with Crippen molar-refractivity contribution >= 4 is 15.7 Å². The van der Waals surface area contributed by atoms with Crippen LogP contribution in [0, 0.1) is 10.1 Å². The Balaban J connectivity index is 1.97. The van der Waals surface area contributed by atoms with E-state index in [1.54, 1.807) is 0 Å². The molecule has 7 nitrogen and oxygen atoms in total. The number of nitrogens with zero attached hydrogens (tertiary/aromatic N) is 2. The molecule has 0 bridgehead atoms. The number of ether oxygens (including phenoxy) is 1. The van der Waals surface area contributed by atoms with E-state index in [1.165, 1.54) is 23.5 Å². The van der Waals surface area contributed by atoms with Gasteiger partial charge in [0.25, 0.3) is 0 Å². The summed E-state index contributed by atoms with van der Waals surface area (Å²) >= 11 is 0. The van der Waals surface area contributed by atoms with Gasteiger partial charge >= 0.3 is 5.69 Å². The molecule has 2 aromatic carbocycles. The van der Waals surface area contributed by atoms with Crippen LogP contribution in [0.3, 0.4) is 0 Å². The highest BCUT2D eigenvalue weighted by molar-refractivity contribution is 7.89. The van der Waals surface area contributed by atoms with Gasteiger partial charge in [-0.05, 0) is 24.1 Å². The summed E-state index contributed by atoms with van der Waals surface area (Å²) in [6, 6.07) is 12.8. The Labute approximate surface area is 139 Å². The van der Waals surface area contributed by atoms with E-state index in [4.69, 9.17) is 4.74 Å². The maximum atomic E-state index is 12.8. The lowest BCUT2D eigenvalue weighted by molar-refractivity contribution is -0.386. The van der Waals surface area contributed by atoms with E-state index in [9.17, 15) is 18.5 Å². The molecular weight excluding hydrogens is 332 g/mol. The Morgan fingerprint density at radius 2 is 1.92 bits per heavy atom. The number of methoxy groups -OCH3 is 1. The van der Waals surface area contributed by atoms with Crippen LogP contribution in [0.2, 0.25) is 0 Å². The number of rotatable bonds is 5. The lowest BCUT2D eigenvalue weighted by Crippen LogP contribution is -2.44. The Kier molecular flexibility index (Phi) is 4.25. The zero-order valence-electron chi connectivity index (χ0n) is 13.0. The number of hydrogen-bond acceptors (Lipinski definition) is 5. The van der Waals surface area contributed by atoms with Crippen LogP contribution in [-0.4, -0.2) is 31.3 Å². The number of nitro groups is 1. The first-order chi connectivity index (χ1) is 11.4. The van der Waals surface area contributed by atoms with Gasteiger partial charge in [0, 0.05) is 12.6 Å². The van der Waals surface area contributed by atoms with Gasteiger partial charge < -0.3 is 4.74 Å². The Hall–Kier alpha value is -2.45. The largest absolute Gasteiger partial charge is 0.490 e. The van der Waals surface area contributed by atoms with Gasteiger partial charge in [0.2, 0.25) is 10.0 Å². The van der Waals surface area contributed by atoms with Crippen LogP contribution >= 0.6 is 0 Å². The molecule has 1 atom stereocenters. The van der Waals surface area contributed by atoms with Crippen molar-refractivity contribution in [3.63, 3.8) is 0 Å². The molecule has 1 aliphatic rings. The fraction of sp³-hybridized carbons (Fsp3) is 0.250. The second-order valence-corrected chi connectivity index (χ2v) is 7.31. The molecule has 0 amide bonds. The van der Waals surface area contributed by atoms with Crippen LogP contribution in [0.1, 0.15) is 18.0 Å². The molecule has 0 aliphatic carbocycles. The normalized spacial score (nSPS) is 18.0. The Bertz CT molecular complexity index is 867. The smallest absolute Gasteiger partial charge is 0.312 e. The summed E-state index contributed by atoms with van der Waals surface area (Å²) in [6.07, 6.45) is 0.724. The molecule has 1 heterocycles. The zero-order chi connectivity index (χ0) is 17.3. The monoisotopic (exact) mass is 348 g/mol. The number of sulfonamides is 1. The maximum Gasteiger partial charge on any atom is 0.312 e. The predicted molar refractivity (Wildman–Crippen MR) is 87.3 cm³/mol. The highest BCUT2D eigenvalue weighted by Gasteiger charge is 2.40. The van der Waals surface area contributed by atoms with Crippen LogP contribution in [0.25, 0.3) is 0 Å². The van der Waals surface area contributed by atoms with Crippen LogP contribution in [0.15, 0.2) is 53.4 Å². The average molecular weight is 348 g/mol. The van der Waals surface area contributed by atoms with Crippen molar-refractivity contribution in [3.8, 4) is 5.75 Å². The molecule has 24 heavy (non-hydrogen) atoms. The average Bonchev–Trinajstić information content (AvgIpc) is 2.53. The van der Waals surface area contributed by atoms with Gasteiger partial charge in [-0.3, -0.25) is 10.1 Å². The molecule has 0 N–H and O–H groups in total. The second-order valence-electron chi connectivity index (χ2n) is 5.42. The number of nitro benzene ring substituents is 1. The molecule has 0 unspecified atom stereocenters. The third-order valence-corrected chi connectivity index (χ3v) is 6.01. The van der Waals surface area contributed by atoms with Gasteiger partial charge in [0.1, 0.15) is 0 Å². The van der Waals surface area contributed by atoms with E-state index in [-0.39, 0.29) is 22.4 Å². The highest BCUT2D eigenvalue weighted by Crippen LogP contribution is 2.39. The van der Waals surface area contributed by atoms with Crippen LogP contribution in [0.5, 0.6) is 5.75 Å². The Morgan fingerprint density at radius 1 is 1.21 bits per heavy atom. The van der Waals surface area contributed by atoms with Crippen molar-refractivity contribution < 1.29 is 18.1 Å². The van der Waals surface area contributed by atoms with E-state index in [1.807, 2.05) is 30.3 Å². The molecule has 1 fully saturated rings. The predicted octanol–water partition coefficient (Wildman–Crippen LogP) is 2.74. The minimum Gasteiger partial charge on any atom is -0.490 e. The van der Waals surface area contributed by atoms with Gasteiger partial charge in [0.15, 0.2) is 5.75 Å². The summed E-state index contributed by atoms with van der Waals surface area (Å²) in [5.41, 5.74) is 0.547. The molecule has 0 spiro atoms. The van der Waals surface area contributed by atoms with E-state index in [0.717, 1.165) is 18.1 Å². The molecule has 2 aromatic rings. The first-order valence-corrected chi connectivity index (χ1v) is 8.78. The molecule has 3 rings (SSSR count). The Morgan fingerprint density at radius 3 is 2.46 bits per heavy atom. The van der Waals surface area contributed by atoms with E-state index in [0.29, 0.717) is 6.54 Å². The number of benzene rings is 2.